The number of nitrogens with zero attached hydrogens (tertiary/aromatic N) is 1. The van der Waals surface area contributed by atoms with Gasteiger partial charge in [0, 0.05) is 28.9 Å². The van der Waals surface area contributed by atoms with Gasteiger partial charge in [-0.3, -0.25) is 4.90 Å². The van der Waals surface area contributed by atoms with E-state index in [1.54, 1.807) is 4.88 Å². The maximum absolute atomic E-state index is 3.51. The highest BCUT2D eigenvalue weighted by molar-refractivity contribution is 7.11. The van der Waals surface area contributed by atoms with E-state index in [0.29, 0.717) is 0 Å². The Labute approximate surface area is 133 Å². The molecule has 0 radical (unpaired) electrons. The summed E-state index contributed by atoms with van der Waals surface area (Å²) in [5.41, 5.74) is 0. The second-order valence-corrected chi connectivity index (χ2v) is 8.02. The standard InChI is InChI=1S/C18H30N2S/c1-2-11-19-13-16-9-10-17(21-16)14-20-12-5-7-15-6-3-4-8-18(15)20/h9-10,15,18-19H,2-8,11-14H2,1H3/t15-,18-/m1/s1. The molecule has 3 heteroatoms. The summed E-state index contributed by atoms with van der Waals surface area (Å²) in [6.45, 7) is 6.92. The summed E-state index contributed by atoms with van der Waals surface area (Å²) in [6, 6.07) is 5.57. The molecule has 0 unspecified atom stereocenters. The topological polar surface area (TPSA) is 15.3 Å². The van der Waals surface area contributed by atoms with Crippen LogP contribution in [0.15, 0.2) is 12.1 Å². The molecule has 1 saturated carbocycles. The van der Waals surface area contributed by atoms with Crippen LogP contribution in [0.2, 0.25) is 0 Å². The molecule has 0 spiro atoms. The zero-order valence-corrected chi connectivity index (χ0v) is 14.3. The SMILES string of the molecule is CCCNCc1ccc(CN2CCC[C@H]3CCCC[C@H]32)s1. The number of likely N-dealkylation sites (tertiary alicyclic amines) is 1. The zero-order valence-electron chi connectivity index (χ0n) is 13.4. The molecule has 2 nitrogen and oxygen atoms in total. The molecule has 1 aromatic heterocycles. The number of fused-ring (bicyclic) bond motifs is 1. The van der Waals surface area contributed by atoms with Crippen molar-refractivity contribution >= 4 is 11.3 Å². The molecule has 1 aliphatic carbocycles. The van der Waals surface area contributed by atoms with Crippen LogP contribution in [0.25, 0.3) is 0 Å². The lowest BCUT2D eigenvalue weighted by Gasteiger charge is -2.44. The van der Waals surface area contributed by atoms with Gasteiger partial charge in [-0.1, -0.05) is 19.8 Å². The van der Waals surface area contributed by atoms with Gasteiger partial charge in [0.05, 0.1) is 0 Å². The molecule has 1 saturated heterocycles. The first-order chi connectivity index (χ1) is 10.4. The normalized spacial score (nSPS) is 26.7. The summed E-state index contributed by atoms with van der Waals surface area (Å²) in [5.74, 6) is 0.998. The molecule has 3 rings (SSSR count). The van der Waals surface area contributed by atoms with E-state index in [2.05, 4.69) is 29.3 Å². The molecule has 1 aliphatic heterocycles. The van der Waals surface area contributed by atoms with Crippen molar-refractivity contribution in [2.24, 2.45) is 5.92 Å². The summed E-state index contributed by atoms with van der Waals surface area (Å²) in [5, 5.41) is 3.51. The van der Waals surface area contributed by atoms with Gasteiger partial charge in [0.15, 0.2) is 0 Å². The van der Waals surface area contributed by atoms with Crippen LogP contribution in [0.1, 0.15) is 61.6 Å². The Balaban J connectivity index is 1.55. The molecule has 0 bridgehead atoms. The summed E-state index contributed by atoms with van der Waals surface area (Å²) in [6.07, 6.45) is 9.97. The fraction of sp³-hybridized carbons (Fsp3) is 0.778. The van der Waals surface area contributed by atoms with Gasteiger partial charge in [-0.15, -0.1) is 11.3 Å². The van der Waals surface area contributed by atoms with Crippen molar-refractivity contribution in [3.8, 4) is 0 Å². The summed E-state index contributed by atoms with van der Waals surface area (Å²) >= 11 is 2.01. The van der Waals surface area contributed by atoms with Crippen molar-refractivity contribution in [1.82, 2.24) is 10.2 Å². The Kier molecular flexibility index (Phi) is 5.73. The predicted molar refractivity (Wildman–Crippen MR) is 91.7 cm³/mol. The minimum Gasteiger partial charge on any atom is -0.312 e. The minimum atomic E-state index is 0.885. The second-order valence-electron chi connectivity index (χ2n) is 6.77. The number of thiophene rings is 1. The number of piperidine rings is 1. The number of hydrogen-bond acceptors (Lipinski definition) is 3. The third kappa shape index (κ3) is 4.08. The van der Waals surface area contributed by atoms with Crippen LogP contribution < -0.4 is 5.32 Å². The van der Waals surface area contributed by atoms with Crippen molar-refractivity contribution in [2.45, 2.75) is 71.0 Å². The van der Waals surface area contributed by atoms with Crippen molar-refractivity contribution in [2.75, 3.05) is 13.1 Å². The van der Waals surface area contributed by atoms with E-state index >= 15 is 0 Å². The third-order valence-corrected chi connectivity index (χ3v) is 6.23. The molecule has 2 fully saturated rings. The molecular weight excluding hydrogens is 276 g/mol. The quantitative estimate of drug-likeness (QED) is 0.784. The lowest BCUT2D eigenvalue weighted by molar-refractivity contribution is 0.0555. The zero-order chi connectivity index (χ0) is 14.5. The van der Waals surface area contributed by atoms with E-state index in [1.807, 2.05) is 11.3 Å². The Morgan fingerprint density at radius 2 is 1.95 bits per heavy atom. The first-order valence-corrected chi connectivity index (χ1v) is 9.71. The van der Waals surface area contributed by atoms with Crippen molar-refractivity contribution in [3.05, 3.63) is 21.9 Å². The predicted octanol–water partition coefficient (Wildman–Crippen LogP) is 4.40. The third-order valence-electron chi connectivity index (χ3n) is 5.16. The molecule has 21 heavy (non-hydrogen) atoms. The monoisotopic (exact) mass is 306 g/mol. The maximum Gasteiger partial charge on any atom is 0.0331 e. The van der Waals surface area contributed by atoms with Crippen LogP contribution in [0, 0.1) is 5.92 Å². The minimum absolute atomic E-state index is 0.885. The molecule has 0 aromatic carbocycles. The van der Waals surface area contributed by atoms with E-state index in [-0.39, 0.29) is 0 Å². The van der Waals surface area contributed by atoms with Crippen LogP contribution in [0.4, 0.5) is 0 Å². The molecule has 2 atom stereocenters. The van der Waals surface area contributed by atoms with Gasteiger partial charge in [0.1, 0.15) is 0 Å². The van der Waals surface area contributed by atoms with E-state index in [4.69, 9.17) is 0 Å². The summed E-state index contributed by atoms with van der Waals surface area (Å²) < 4.78 is 0. The Morgan fingerprint density at radius 1 is 1.14 bits per heavy atom. The Hall–Kier alpha value is -0.380. The molecule has 1 aromatic rings. The number of rotatable bonds is 6. The van der Waals surface area contributed by atoms with Gasteiger partial charge in [0.25, 0.3) is 0 Å². The first kappa shape index (κ1) is 15.5. The van der Waals surface area contributed by atoms with Crippen LogP contribution >= 0.6 is 11.3 Å². The van der Waals surface area contributed by atoms with Crippen molar-refractivity contribution < 1.29 is 0 Å². The van der Waals surface area contributed by atoms with Crippen LogP contribution in [0.5, 0.6) is 0 Å². The highest BCUT2D eigenvalue weighted by Gasteiger charge is 2.33. The molecule has 1 N–H and O–H groups in total. The van der Waals surface area contributed by atoms with Crippen LogP contribution in [-0.4, -0.2) is 24.0 Å². The van der Waals surface area contributed by atoms with Gasteiger partial charge in [-0.2, -0.15) is 0 Å². The second kappa shape index (κ2) is 7.75. The molecule has 0 amide bonds. The fourth-order valence-electron chi connectivity index (χ4n) is 4.12. The van der Waals surface area contributed by atoms with E-state index in [0.717, 1.165) is 25.0 Å². The Morgan fingerprint density at radius 3 is 2.86 bits per heavy atom. The Bertz CT molecular complexity index is 427. The molecule has 118 valence electrons. The van der Waals surface area contributed by atoms with Crippen LogP contribution in [0.3, 0.4) is 0 Å². The van der Waals surface area contributed by atoms with Gasteiger partial charge >= 0.3 is 0 Å². The van der Waals surface area contributed by atoms with E-state index < -0.39 is 0 Å². The van der Waals surface area contributed by atoms with E-state index in [1.165, 1.54) is 62.9 Å². The number of nitrogens with one attached hydrogen (secondary N) is 1. The van der Waals surface area contributed by atoms with Gasteiger partial charge in [-0.25, -0.2) is 0 Å². The first-order valence-electron chi connectivity index (χ1n) is 8.89. The van der Waals surface area contributed by atoms with Gasteiger partial charge < -0.3 is 5.32 Å². The highest BCUT2D eigenvalue weighted by Crippen LogP contribution is 2.36. The smallest absolute Gasteiger partial charge is 0.0331 e. The van der Waals surface area contributed by atoms with Crippen molar-refractivity contribution in [1.29, 1.82) is 0 Å². The van der Waals surface area contributed by atoms with E-state index in [9.17, 15) is 0 Å². The fourth-order valence-corrected chi connectivity index (χ4v) is 5.13. The molecule has 2 aliphatic rings. The summed E-state index contributed by atoms with van der Waals surface area (Å²) in [4.78, 5) is 5.85. The molecule has 2 heterocycles. The van der Waals surface area contributed by atoms with Crippen LogP contribution in [-0.2, 0) is 13.1 Å². The molecular formula is C18H30N2S. The average molecular weight is 307 g/mol. The summed E-state index contributed by atoms with van der Waals surface area (Å²) in [7, 11) is 0. The van der Waals surface area contributed by atoms with Gasteiger partial charge in [0.2, 0.25) is 0 Å². The van der Waals surface area contributed by atoms with Crippen molar-refractivity contribution in [3.63, 3.8) is 0 Å². The van der Waals surface area contributed by atoms with Gasteiger partial charge in [-0.05, 0) is 63.2 Å². The maximum atomic E-state index is 3.51. The largest absolute Gasteiger partial charge is 0.312 e. The highest BCUT2D eigenvalue weighted by atomic mass is 32.1. The average Bonchev–Trinajstić information content (AvgIpc) is 2.96. The number of hydrogen-bond donors (Lipinski definition) is 1. The lowest BCUT2D eigenvalue weighted by atomic mass is 9.78. The lowest BCUT2D eigenvalue weighted by Crippen LogP contribution is -2.46.